The van der Waals surface area contributed by atoms with Crippen LogP contribution in [0.3, 0.4) is 0 Å². The lowest BCUT2D eigenvalue weighted by molar-refractivity contribution is -0.203. The number of carbonyl (C=O) groups excluding carboxylic acids is 4. The summed E-state index contributed by atoms with van der Waals surface area (Å²) in [7, 11) is 0. The topological polar surface area (TPSA) is 107 Å². The van der Waals surface area contributed by atoms with Crippen LogP contribution < -0.4 is 0 Å². The van der Waals surface area contributed by atoms with Crippen molar-refractivity contribution in [1.82, 2.24) is 0 Å². The van der Waals surface area contributed by atoms with Gasteiger partial charge in [0.2, 0.25) is 5.78 Å². The van der Waals surface area contributed by atoms with Crippen LogP contribution in [-0.4, -0.2) is 51.8 Å². The van der Waals surface area contributed by atoms with Gasteiger partial charge in [-0.05, 0) is 68.2 Å². The molecule has 8 atom stereocenters. The van der Waals surface area contributed by atoms with Crippen molar-refractivity contribution in [1.29, 1.82) is 0 Å². The van der Waals surface area contributed by atoms with Gasteiger partial charge in [0.15, 0.2) is 18.0 Å². The first kappa shape index (κ1) is 30.7. The van der Waals surface area contributed by atoms with Gasteiger partial charge < -0.3 is 14.6 Å². The summed E-state index contributed by atoms with van der Waals surface area (Å²) in [5.74, 6) is -2.45. The van der Waals surface area contributed by atoms with Crippen molar-refractivity contribution in [3.05, 3.63) is 59.7 Å². The molecule has 1 aromatic rings. The van der Waals surface area contributed by atoms with Gasteiger partial charge in [-0.3, -0.25) is 14.4 Å². The zero-order valence-corrected chi connectivity index (χ0v) is 25.6. The smallest absolute Gasteiger partial charge is 0.338 e. The summed E-state index contributed by atoms with van der Waals surface area (Å²) >= 11 is 7.57. The molecule has 3 fully saturated rings. The van der Waals surface area contributed by atoms with E-state index in [4.69, 9.17) is 21.1 Å². The second-order valence-electron chi connectivity index (χ2n) is 13.1. The van der Waals surface area contributed by atoms with Crippen molar-refractivity contribution in [3.63, 3.8) is 0 Å². The average molecular weight is 597 g/mol. The maximum atomic E-state index is 14.3. The van der Waals surface area contributed by atoms with Crippen molar-refractivity contribution in [3.8, 4) is 0 Å². The maximum absolute atomic E-state index is 14.3. The molecule has 0 unspecified atom stereocenters. The van der Waals surface area contributed by atoms with Gasteiger partial charge >= 0.3 is 11.9 Å². The van der Waals surface area contributed by atoms with Crippen LogP contribution in [0.4, 0.5) is 0 Å². The minimum atomic E-state index is -1.60. The minimum Gasteiger partial charge on any atom is -0.454 e. The summed E-state index contributed by atoms with van der Waals surface area (Å²) in [6.45, 7) is 7.24. The molecule has 226 valence electrons. The van der Waals surface area contributed by atoms with Crippen LogP contribution in [-0.2, 0) is 23.9 Å². The van der Waals surface area contributed by atoms with E-state index in [-0.39, 0.29) is 30.5 Å². The molecule has 3 saturated carbocycles. The van der Waals surface area contributed by atoms with Crippen LogP contribution in [0.2, 0.25) is 0 Å². The second kappa shape index (κ2) is 11.1. The van der Waals surface area contributed by atoms with Crippen molar-refractivity contribution in [2.75, 3.05) is 6.61 Å². The largest absolute Gasteiger partial charge is 0.454 e. The Morgan fingerprint density at radius 1 is 1.12 bits per heavy atom. The van der Waals surface area contributed by atoms with Crippen molar-refractivity contribution in [2.45, 2.75) is 89.2 Å². The van der Waals surface area contributed by atoms with Crippen LogP contribution in [0, 0.1) is 28.6 Å². The number of rotatable bonds is 8. The molecule has 0 saturated heterocycles. The van der Waals surface area contributed by atoms with E-state index in [1.54, 1.807) is 36.4 Å². The molecule has 0 aliphatic heterocycles. The number of ketones is 2. The lowest BCUT2D eigenvalue weighted by Crippen LogP contribution is -2.69. The highest BCUT2D eigenvalue weighted by atomic mass is 35.5. The van der Waals surface area contributed by atoms with E-state index in [9.17, 15) is 24.3 Å². The molecule has 1 aromatic carbocycles. The first-order valence-electron chi connectivity index (χ1n) is 15.1. The molecule has 0 heterocycles. The molecule has 1 N–H and O–H groups in total. The maximum Gasteiger partial charge on any atom is 0.338 e. The molecule has 42 heavy (non-hydrogen) atoms. The third-order valence-electron chi connectivity index (χ3n) is 10.9. The number of hydrogen-bond donors (Lipinski definition) is 1. The van der Waals surface area contributed by atoms with Crippen molar-refractivity contribution < 1.29 is 33.8 Å². The number of fused-ring (bicyclic) bond motifs is 5. The molecule has 0 amide bonds. The number of aliphatic hydroxyl groups excluding tert-OH is 1. The molecule has 0 aromatic heterocycles. The molecule has 8 heteroatoms. The molecule has 7 nitrogen and oxygen atoms in total. The van der Waals surface area contributed by atoms with E-state index in [0.29, 0.717) is 31.2 Å². The third-order valence-corrected chi connectivity index (χ3v) is 11.9. The van der Waals surface area contributed by atoms with Crippen LogP contribution in [0.1, 0.15) is 83.0 Å². The van der Waals surface area contributed by atoms with E-state index < -0.39 is 57.7 Å². The van der Waals surface area contributed by atoms with Crippen molar-refractivity contribution >= 4 is 35.1 Å². The zero-order chi connectivity index (χ0) is 30.5. The molecule has 4 aliphatic carbocycles. The Balaban J connectivity index is 1.53. The normalized spacial score (nSPS) is 38.5. The summed E-state index contributed by atoms with van der Waals surface area (Å²) in [6, 6.07) is 8.43. The van der Waals surface area contributed by atoms with Crippen LogP contribution >= 0.6 is 11.6 Å². The number of benzene rings is 1. The van der Waals surface area contributed by atoms with Crippen LogP contribution in [0.15, 0.2) is 54.1 Å². The number of allylic oxidation sites excluding steroid dienone is 4. The Bertz CT molecular complexity index is 1340. The Kier molecular flexibility index (Phi) is 8.08. The number of unbranched alkanes of at least 4 members (excludes halogenated alkanes) is 1. The minimum absolute atomic E-state index is 0.0838. The average Bonchev–Trinajstić information content (AvgIpc) is 3.18. The number of Topliss-reactive ketones (excluding diaryl/α,β-unsaturated/α-hetero) is 1. The summed E-state index contributed by atoms with van der Waals surface area (Å²) in [5, 5.41) is 12.0. The molecule has 4 aliphatic rings. The van der Waals surface area contributed by atoms with Gasteiger partial charge in [-0.15, -0.1) is 11.6 Å². The fraction of sp³-hybridized carbons (Fsp3) is 0.588. The second-order valence-corrected chi connectivity index (χ2v) is 13.7. The Labute approximate surface area is 252 Å². The summed E-state index contributed by atoms with van der Waals surface area (Å²) in [5.41, 5.74) is -2.07. The number of hydrogen-bond acceptors (Lipinski definition) is 7. The molecule has 0 spiro atoms. The monoisotopic (exact) mass is 596 g/mol. The van der Waals surface area contributed by atoms with Gasteiger partial charge in [0, 0.05) is 23.2 Å². The van der Waals surface area contributed by atoms with Gasteiger partial charge in [0.25, 0.3) is 0 Å². The number of aliphatic hydroxyl groups is 1. The Morgan fingerprint density at radius 2 is 1.83 bits per heavy atom. The van der Waals surface area contributed by atoms with E-state index >= 15 is 0 Å². The fourth-order valence-electron chi connectivity index (χ4n) is 8.85. The van der Waals surface area contributed by atoms with Gasteiger partial charge in [-0.1, -0.05) is 64.0 Å². The van der Waals surface area contributed by atoms with E-state index in [0.717, 1.165) is 12.0 Å². The molecule has 0 radical (unpaired) electrons. The lowest BCUT2D eigenvalue weighted by Gasteiger charge is -2.64. The number of ether oxygens (including phenoxy) is 2. The highest BCUT2D eigenvalue weighted by Gasteiger charge is 2.76. The number of esters is 2. The number of carbonyl (C=O) groups is 4. The SMILES string of the molecule is CCCCC(=O)O[C@@]1(C(=O)COC(=O)c2ccccc2)[C@H](C)C[C@H]2[C@@H]3CCC4=CC(=O)C=C[C@]4(C)[C@@]3(Cl)[C@@H](O)C[C@@]21C. The number of alkyl halides is 1. The molecular weight excluding hydrogens is 556 g/mol. The first-order valence-corrected chi connectivity index (χ1v) is 15.5. The molecular formula is C34H41ClO7. The fourth-order valence-corrected chi connectivity index (χ4v) is 9.37. The third kappa shape index (κ3) is 4.41. The summed E-state index contributed by atoms with van der Waals surface area (Å²) < 4.78 is 11.8. The van der Waals surface area contributed by atoms with Gasteiger partial charge in [0.05, 0.1) is 16.5 Å². The van der Waals surface area contributed by atoms with Gasteiger partial charge in [-0.25, -0.2) is 4.79 Å². The standard InChI is InChI=1S/C34H41ClO7/c1-5-6-12-29(39)42-34(28(38)20-41-30(40)22-10-8-7-9-11-22)21(2)17-26-25-14-13-23-18-24(36)15-16-31(23,3)33(25,35)27(37)19-32(26,34)4/h7-11,15-16,18,21,25-27,37H,5-6,12-14,17,19-20H2,1-4H3/t21-,25+,26+,27+,31+,32+,33+,34-/m1/s1. The number of halogens is 1. The van der Waals surface area contributed by atoms with Crippen LogP contribution in [0.25, 0.3) is 0 Å². The molecule has 5 rings (SSSR count). The first-order chi connectivity index (χ1) is 19.8. The Hall–Kier alpha value is -2.77. The highest BCUT2D eigenvalue weighted by molar-refractivity contribution is 6.26. The summed E-state index contributed by atoms with van der Waals surface area (Å²) in [6.07, 6.45) is 7.47. The van der Waals surface area contributed by atoms with E-state index in [1.165, 1.54) is 6.08 Å². The van der Waals surface area contributed by atoms with Crippen LogP contribution in [0.5, 0.6) is 0 Å². The van der Waals surface area contributed by atoms with Crippen molar-refractivity contribution in [2.24, 2.45) is 28.6 Å². The Morgan fingerprint density at radius 3 is 2.52 bits per heavy atom. The summed E-state index contributed by atoms with van der Waals surface area (Å²) in [4.78, 5) is 51.5. The van der Waals surface area contributed by atoms with Gasteiger partial charge in [-0.2, -0.15) is 0 Å². The predicted octanol–water partition coefficient (Wildman–Crippen LogP) is 5.77. The van der Waals surface area contributed by atoms with Gasteiger partial charge in [0.1, 0.15) is 0 Å². The highest BCUT2D eigenvalue weighted by Crippen LogP contribution is 2.72. The van der Waals surface area contributed by atoms with E-state index in [1.807, 2.05) is 33.8 Å². The lowest BCUT2D eigenvalue weighted by atomic mass is 9.45. The molecule has 0 bridgehead atoms. The predicted molar refractivity (Wildman–Crippen MR) is 158 cm³/mol. The van der Waals surface area contributed by atoms with E-state index in [2.05, 4.69) is 0 Å². The quantitative estimate of drug-likeness (QED) is 0.300. The zero-order valence-electron chi connectivity index (χ0n) is 24.9.